The molecule has 0 saturated heterocycles. The van der Waals surface area contributed by atoms with E-state index >= 15 is 0 Å². The van der Waals surface area contributed by atoms with Crippen LogP contribution >= 0.6 is 22.7 Å². The molecule has 0 spiro atoms. The van der Waals surface area contributed by atoms with Crippen molar-refractivity contribution in [2.45, 2.75) is 52.4 Å². The number of hydrogen-bond acceptors (Lipinski definition) is 2. The summed E-state index contributed by atoms with van der Waals surface area (Å²) in [4.78, 5) is 2.70. The molecule has 0 N–H and O–H groups in total. The van der Waals surface area contributed by atoms with Crippen molar-refractivity contribution in [1.29, 1.82) is 0 Å². The van der Waals surface area contributed by atoms with E-state index in [-0.39, 0.29) is 10.8 Å². The molecule has 178 valence electrons. The number of thiophene rings is 2. The summed E-state index contributed by atoms with van der Waals surface area (Å²) < 4.78 is 0. The third-order valence-corrected chi connectivity index (χ3v) is 10.5. The maximum Gasteiger partial charge on any atom is 0.0342 e. The minimum atomic E-state index is -0.0323. The van der Waals surface area contributed by atoms with Gasteiger partial charge in [0.25, 0.3) is 0 Å². The summed E-state index contributed by atoms with van der Waals surface area (Å²) >= 11 is 3.65. The maximum atomic E-state index is 2.54. The molecule has 0 saturated carbocycles. The van der Waals surface area contributed by atoms with Gasteiger partial charge in [0.2, 0.25) is 0 Å². The van der Waals surface area contributed by atoms with Gasteiger partial charge < -0.3 is 0 Å². The molecule has 2 aliphatic rings. The van der Waals surface area contributed by atoms with Crippen molar-refractivity contribution < 1.29 is 0 Å². The maximum absolute atomic E-state index is 2.54. The number of benzene rings is 3. The van der Waals surface area contributed by atoms with Crippen LogP contribution in [-0.2, 0) is 10.8 Å². The summed E-state index contributed by atoms with van der Waals surface area (Å²) in [5.41, 5.74) is 17.0. The highest BCUT2D eigenvalue weighted by Gasteiger charge is 2.42. The van der Waals surface area contributed by atoms with Crippen molar-refractivity contribution >= 4 is 22.7 Å². The predicted octanol–water partition coefficient (Wildman–Crippen LogP) is 10.4. The Hall–Kier alpha value is -2.94. The fourth-order valence-corrected chi connectivity index (χ4v) is 8.21. The molecule has 0 bridgehead atoms. The van der Waals surface area contributed by atoms with Gasteiger partial charge in [0.15, 0.2) is 0 Å². The number of hydrogen-bond donors (Lipinski definition) is 0. The topological polar surface area (TPSA) is 0 Å². The van der Waals surface area contributed by atoms with Crippen molar-refractivity contribution in [3.05, 3.63) is 105 Å². The Labute approximate surface area is 222 Å². The second kappa shape index (κ2) is 7.31. The molecule has 0 unspecified atom stereocenters. The monoisotopic (exact) mass is 502 g/mol. The third-order valence-electron chi connectivity index (χ3n) is 8.67. The van der Waals surface area contributed by atoms with Crippen LogP contribution in [0.3, 0.4) is 0 Å². The summed E-state index contributed by atoms with van der Waals surface area (Å²) in [7, 11) is 0. The van der Waals surface area contributed by atoms with Crippen molar-refractivity contribution in [1.82, 2.24) is 0 Å². The molecule has 5 aromatic rings. The molecule has 0 amide bonds. The second-order valence-corrected chi connectivity index (χ2v) is 13.5. The highest BCUT2D eigenvalue weighted by Crippen LogP contribution is 2.58. The van der Waals surface area contributed by atoms with Gasteiger partial charge in [-0.2, -0.15) is 0 Å². The van der Waals surface area contributed by atoms with Crippen LogP contribution in [0.15, 0.2) is 71.4 Å². The van der Waals surface area contributed by atoms with E-state index < -0.39 is 0 Å². The summed E-state index contributed by atoms with van der Waals surface area (Å²) in [5.74, 6) is 0. The largest absolute Gasteiger partial charge is 0.144 e. The Morgan fingerprint density at radius 2 is 0.944 bits per heavy atom. The van der Waals surface area contributed by atoms with E-state index in [2.05, 4.69) is 113 Å². The molecule has 2 aromatic heterocycles. The van der Waals surface area contributed by atoms with E-state index in [0.717, 1.165) is 0 Å². The first kappa shape index (κ1) is 22.3. The van der Waals surface area contributed by atoms with Gasteiger partial charge in [-0.25, -0.2) is 0 Å². The predicted molar refractivity (Wildman–Crippen MR) is 158 cm³/mol. The van der Waals surface area contributed by atoms with Crippen LogP contribution in [-0.4, -0.2) is 0 Å². The van der Waals surface area contributed by atoms with Gasteiger partial charge in [0, 0.05) is 20.6 Å². The van der Waals surface area contributed by atoms with E-state index in [1.165, 1.54) is 76.5 Å². The fraction of sp³-hybridized carbons (Fsp3) is 0.235. The number of fused-ring (bicyclic) bond motifs is 6. The lowest BCUT2D eigenvalue weighted by Crippen LogP contribution is -2.17. The van der Waals surface area contributed by atoms with Crippen LogP contribution in [0.5, 0.6) is 0 Å². The molecular weight excluding hydrogens is 473 g/mol. The molecule has 0 atom stereocenters. The SMILES string of the molecule is Cc1cc(-c2cccs2)cc2c1-c1cc3c(cc1C2(C)C)-c1c(C)cc(-c2cccs2)cc1C3(C)C. The standard InChI is InChI=1S/C34H30S2/c1-19-13-21(29-9-7-11-35-29)15-27-31(19)23-17-26-24(18-25(23)33(27,3)4)32-20(2)14-22(30-10-8-12-36-30)16-28(32)34(26,5)6/h7-18H,1-6H3. The van der Waals surface area contributed by atoms with Gasteiger partial charge in [-0.1, -0.05) is 39.8 Å². The smallest absolute Gasteiger partial charge is 0.0342 e. The van der Waals surface area contributed by atoms with Crippen LogP contribution in [0, 0.1) is 13.8 Å². The van der Waals surface area contributed by atoms with Crippen LogP contribution < -0.4 is 0 Å². The van der Waals surface area contributed by atoms with Gasteiger partial charge in [0.1, 0.15) is 0 Å². The minimum Gasteiger partial charge on any atom is -0.144 e. The van der Waals surface area contributed by atoms with Crippen LogP contribution in [0.25, 0.3) is 43.1 Å². The average Bonchev–Trinajstić information content (AvgIpc) is 3.62. The zero-order valence-corrected chi connectivity index (χ0v) is 23.4. The molecule has 0 fully saturated rings. The van der Waals surface area contributed by atoms with E-state index in [1.807, 2.05) is 22.7 Å². The zero-order valence-electron chi connectivity index (χ0n) is 21.7. The lowest BCUT2D eigenvalue weighted by Gasteiger charge is -2.24. The first-order chi connectivity index (χ1) is 17.2. The van der Waals surface area contributed by atoms with Crippen molar-refractivity contribution in [2.24, 2.45) is 0 Å². The summed E-state index contributed by atoms with van der Waals surface area (Å²) in [6.07, 6.45) is 0. The van der Waals surface area contributed by atoms with Crippen LogP contribution in [0.2, 0.25) is 0 Å². The van der Waals surface area contributed by atoms with Gasteiger partial charge in [-0.05, 0) is 140 Å². The van der Waals surface area contributed by atoms with E-state index in [9.17, 15) is 0 Å². The molecule has 7 rings (SSSR count). The molecule has 2 aliphatic carbocycles. The van der Waals surface area contributed by atoms with E-state index in [0.29, 0.717) is 0 Å². The Morgan fingerprint density at radius 1 is 0.528 bits per heavy atom. The van der Waals surface area contributed by atoms with Gasteiger partial charge in [-0.3, -0.25) is 0 Å². The van der Waals surface area contributed by atoms with E-state index in [1.54, 1.807) is 0 Å². The number of aryl methyl sites for hydroxylation is 2. The highest BCUT2D eigenvalue weighted by atomic mass is 32.1. The fourth-order valence-electron chi connectivity index (χ4n) is 6.78. The van der Waals surface area contributed by atoms with Gasteiger partial charge in [0.05, 0.1) is 0 Å². The lowest BCUT2D eigenvalue weighted by molar-refractivity contribution is 0.652. The molecule has 0 nitrogen and oxygen atoms in total. The summed E-state index contributed by atoms with van der Waals surface area (Å²) in [6.45, 7) is 14.2. The van der Waals surface area contributed by atoms with E-state index in [4.69, 9.17) is 0 Å². The van der Waals surface area contributed by atoms with Crippen molar-refractivity contribution in [3.63, 3.8) is 0 Å². The zero-order chi connectivity index (χ0) is 25.0. The van der Waals surface area contributed by atoms with Crippen LogP contribution in [0.1, 0.15) is 61.1 Å². The quantitative estimate of drug-likeness (QED) is 0.225. The number of rotatable bonds is 2. The molecule has 2 heteroatoms. The Balaban J connectivity index is 1.46. The molecular formula is C34H30S2. The second-order valence-electron chi connectivity index (χ2n) is 11.6. The summed E-state index contributed by atoms with van der Waals surface area (Å²) in [6, 6.07) is 23.6. The lowest BCUT2D eigenvalue weighted by atomic mass is 9.79. The highest BCUT2D eigenvalue weighted by molar-refractivity contribution is 7.13. The Kier molecular flexibility index (Phi) is 4.52. The van der Waals surface area contributed by atoms with Gasteiger partial charge in [-0.15, -0.1) is 22.7 Å². The van der Waals surface area contributed by atoms with Gasteiger partial charge >= 0.3 is 0 Å². The normalized spacial score (nSPS) is 15.9. The van der Waals surface area contributed by atoms with Crippen molar-refractivity contribution in [3.8, 4) is 43.1 Å². The molecule has 0 radical (unpaired) electrons. The molecule has 0 aliphatic heterocycles. The van der Waals surface area contributed by atoms with Crippen molar-refractivity contribution in [2.75, 3.05) is 0 Å². The first-order valence-corrected chi connectivity index (χ1v) is 14.5. The Morgan fingerprint density at radius 3 is 1.31 bits per heavy atom. The molecule has 3 aromatic carbocycles. The average molecular weight is 503 g/mol. The first-order valence-electron chi connectivity index (χ1n) is 12.8. The summed E-state index contributed by atoms with van der Waals surface area (Å²) in [5, 5.41) is 4.35. The third kappa shape index (κ3) is 2.86. The minimum absolute atomic E-state index is 0.0323. The molecule has 36 heavy (non-hydrogen) atoms. The van der Waals surface area contributed by atoms with Crippen LogP contribution in [0.4, 0.5) is 0 Å². The Bertz CT molecular complexity index is 1550. The molecule has 2 heterocycles.